The molecule has 3 atom stereocenters. The first-order valence-electron chi connectivity index (χ1n) is 7.97. The molecule has 0 aromatic carbocycles. The number of hydrogen-bond acceptors (Lipinski definition) is 3. The van der Waals surface area contributed by atoms with E-state index in [1.807, 2.05) is 19.9 Å². The second-order valence-corrected chi connectivity index (χ2v) is 47.8. The number of rotatable bonds is 5. The van der Waals surface area contributed by atoms with E-state index < -0.39 is 13.9 Å². The molecule has 3 nitrogen and oxygen atoms in total. The molecule has 1 fully saturated rings. The van der Waals surface area contributed by atoms with E-state index in [2.05, 4.69) is 86.5 Å². The molecule has 1 N–H and O–H groups in total. The Bertz CT molecular complexity index is 444. The molecule has 1 aliphatic carbocycles. The Morgan fingerprint density at radius 1 is 1.33 bits per heavy atom. The number of aliphatic hydroxyl groups is 1. The quantitative estimate of drug-likeness (QED) is 0.209. The van der Waals surface area contributed by atoms with Gasteiger partial charge in [0.2, 0.25) is 0 Å². The van der Waals surface area contributed by atoms with Crippen LogP contribution in [0.2, 0.25) is 19.6 Å². The zero-order valence-electron chi connectivity index (χ0n) is 15.6. The van der Waals surface area contributed by atoms with Gasteiger partial charge in [0.25, 0.3) is 0 Å². The molecule has 0 amide bonds. The van der Waals surface area contributed by atoms with Gasteiger partial charge in [-0.3, -0.25) is 4.79 Å². The van der Waals surface area contributed by atoms with Crippen LogP contribution in [-0.4, -0.2) is 30.4 Å². The number of allylic oxidation sites excluding steroid dienone is 1. The Morgan fingerprint density at radius 3 is 2.12 bits per heavy atom. The zero-order valence-corrected chi connectivity index (χ0v) is 24.4. The van der Waals surface area contributed by atoms with Gasteiger partial charge in [-0.1, -0.05) is 6.08 Å². The molecule has 1 saturated carbocycles. The molecule has 24 heavy (non-hydrogen) atoms. The predicted molar refractivity (Wildman–Crippen MR) is 127 cm³/mol. The average Bonchev–Trinajstić information content (AvgIpc) is 2.59. The molecule has 0 heterocycles. The van der Waals surface area contributed by atoms with E-state index >= 15 is 0 Å². The van der Waals surface area contributed by atoms with Crippen LogP contribution >= 0.6 is 59.9 Å². The zero-order chi connectivity index (χ0) is 19.3. The van der Waals surface area contributed by atoms with Crippen molar-refractivity contribution in [3.8, 4) is 0 Å². The molecule has 0 saturated heterocycles. The molecule has 0 aromatic heterocycles. The van der Waals surface area contributed by atoms with E-state index in [-0.39, 0.29) is 28.1 Å². The Kier molecular flexibility index (Phi) is 11.8. The van der Waals surface area contributed by atoms with E-state index in [0.717, 1.165) is 12.8 Å². The summed E-state index contributed by atoms with van der Waals surface area (Å²) in [6.07, 6.45) is 5.44. The van der Waals surface area contributed by atoms with E-state index in [4.69, 9.17) is 4.43 Å². The first-order valence-corrected chi connectivity index (χ1v) is 24.9. The molecule has 0 bridgehead atoms. The van der Waals surface area contributed by atoms with Crippen molar-refractivity contribution in [1.29, 1.82) is 0 Å². The topological polar surface area (TPSA) is 46.5 Å². The van der Waals surface area contributed by atoms with Gasteiger partial charge in [0, 0.05) is 5.92 Å². The molecule has 0 spiro atoms. The fourth-order valence-electron chi connectivity index (χ4n) is 3.40. The monoisotopic (exact) mass is 730 g/mol. The minimum absolute atomic E-state index is 0.0433. The summed E-state index contributed by atoms with van der Waals surface area (Å²) < 4.78 is 6.42. The van der Waals surface area contributed by atoms with Gasteiger partial charge in [-0.15, -0.1) is 0 Å². The summed E-state index contributed by atoms with van der Waals surface area (Å²) in [5, 5.41) is 10.4. The van der Waals surface area contributed by atoms with Crippen molar-refractivity contribution in [2.45, 2.75) is 71.4 Å². The molecule has 8 heteroatoms. The van der Waals surface area contributed by atoms with Crippen molar-refractivity contribution in [2.75, 3.05) is 0 Å². The summed E-state index contributed by atoms with van der Waals surface area (Å²) in [6.45, 7) is 13.9. The van der Waals surface area contributed by atoms with Gasteiger partial charge >= 0.3 is 64.9 Å². The van der Waals surface area contributed by atoms with E-state index in [1.165, 1.54) is 0 Å². The van der Waals surface area contributed by atoms with Crippen LogP contribution in [0.3, 0.4) is 0 Å². The summed E-state index contributed by atoms with van der Waals surface area (Å²) in [4.78, 5) is 11.0. The fraction of sp³-hybridized carbons (Fsp3) is 0.812. The number of carbonyl (C=O) groups is 1. The first-order chi connectivity index (χ1) is 10.6. The minimum atomic E-state index is -1.68. The van der Waals surface area contributed by atoms with Crippen molar-refractivity contribution in [3.05, 3.63) is 12.2 Å². The molecule has 1 rings (SSSR count). The van der Waals surface area contributed by atoms with Gasteiger partial charge in [0.1, 0.15) is 0 Å². The molecule has 0 radical (unpaired) electrons. The number of halogens is 3. The van der Waals surface area contributed by atoms with Crippen LogP contribution in [0.5, 0.6) is 0 Å². The number of carbonyl (C=O) groups excluding carboxylic acids is 1. The van der Waals surface area contributed by atoms with Crippen LogP contribution in [0.1, 0.15) is 40.5 Å². The second-order valence-electron chi connectivity index (χ2n) is 8.01. The van der Waals surface area contributed by atoms with Crippen molar-refractivity contribution >= 4 is 74.0 Å². The van der Waals surface area contributed by atoms with Crippen LogP contribution in [-0.2, 0) is 14.1 Å². The first kappa shape index (κ1) is 26.3. The Morgan fingerprint density at radius 2 is 1.79 bits per heavy atom. The summed E-state index contributed by atoms with van der Waals surface area (Å²) >= 11 is 7.39. The van der Waals surface area contributed by atoms with E-state index in [9.17, 15) is 9.90 Å². The van der Waals surface area contributed by atoms with Crippen molar-refractivity contribution < 1.29 is 19.2 Å². The number of ketones is 1. The van der Waals surface area contributed by atoms with Crippen molar-refractivity contribution in [3.63, 3.8) is 0 Å². The van der Waals surface area contributed by atoms with Gasteiger partial charge in [-0.2, -0.15) is 0 Å². The molecular formula is C16H30I3O3SiV. The van der Waals surface area contributed by atoms with Crippen LogP contribution in [0, 0.1) is 11.8 Å². The average molecular weight is 730 g/mol. The van der Waals surface area contributed by atoms with Gasteiger partial charge in [0.05, 0.1) is 11.2 Å². The van der Waals surface area contributed by atoms with Crippen molar-refractivity contribution in [1.82, 2.24) is 0 Å². The molecule has 1 aliphatic rings. The van der Waals surface area contributed by atoms with Gasteiger partial charge in [-0.25, -0.2) is 0 Å². The summed E-state index contributed by atoms with van der Waals surface area (Å²) in [7, 11) is -1.68. The standard InChI is InChI=1S/C16H30O3Si.3HI.V/c1-12(17)8-9-14-13(15(2,3)18)10-11-16(14,4)19-20(5,6)7;;;;/h8-9,13-14,18H,10-11H2,1-7H3;3*1H;/q;;;;+3/p-3/b9-8+;;;;. The molecule has 0 aromatic rings. The Hall–Kier alpha value is 2.32. The van der Waals surface area contributed by atoms with Crippen LogP contribution < -0.4 is 0 Å². The fourth-order valence-corrected chi connectivity index (χ4v) is 5.04. The van der Waals surface area contributed by atoms with E-state index in [1.54, 1.807) is 13.0 Å². The number of hydrogen-bond donors (Lipinski definition) is 1. The predicted octanol–water partition coefficient (Wildman–Crippen LogP) is 6.19. The summed E-state index contributed by atoms with van der Waals surface area (Å²) in [5.41, 5.74) is -1.03. The summed E-state index contributed by atoms with van der Waals surface area (Å²) in [6, 6.07) is 0. The molecule has 3 unspecified atom stereocenters. The van der Waals surface area contributed by atoms with Crippen molar-refractivity contribution in [2.24, 2.45) is 11.8 Å². The molecule has 0 aliphatic heterocycles. The summed E-state index contributed by atoms with van der Waals surface area (Å²) in [5.74, 6) is 0.249. The SMILES string of the molecule is CC(=O)/C=C/C1C(C(C)(C)O)CCC1(C)O[Si](C)(C)C.[I][V]([I])[I]. The van der Waals surface area contributed by atoms with Gasteiger partial charge in [0.15, 0.2) is 14.1 Å². The van der Waals surface area contributed by atoms with Crippen LogP contribution in [0.25, 0.3) is 0 Å². The van der Waals surface area contributed by atoms with Crippen LogP contribution in [0.15, 0.2) is 12.2 Å². The van der Waals surface area contributed by atoms with E-state index in [0.29, 0.717) is 0 Å². The van der Waals surface area contributed by atoms with Crippen LogP contribution in [0.4, 0.5) is 0 Å². The Balaban J connectivity index is 0.00000118. The maximum absolute atomic E-state index is 11.3. The third-order valence-electron chi connectivity index (χ3n) is 4.08. The molecule has 142 valence electrons. The third kappa shape index (κ3) is 10.6. The third-order valence-corrected chi connectivity index (χ3v) is 5.15. The second kappa shape index (κ2) is 10.8. The van der Waals surface area contributed by atoms with Gasteiger partial charge in [-0.05, 0) is 72.2 Å². The maximum atomic E-state index is 11.3. The Labute approximate surface area is 186 Å². The molecular weight excluding hydrogens is 700 g/mol. The van der Waals surface area contributed by atoms with Gasteiger partial charge < -0.3 is 9.53 Å². The normalized spacial score (nSPS) is 28.2.